The molecule has 2 N–H and O–H groups in total. The van der Waals surface area contributed by atoms with Crippen molar-refractivity contribution in [1.82, 2.24) is 10.3 Å². The number of carbonyl (C=O) groups excluding carboxylic acids is 1. The molecule has 2 amide bonds. The van der Waals surface area contributed by atoms with E-state index in [1.165, 1.54) is 29.4 Å². The molecule has 0 aliphatic rings. The van der Waals surface area contributed by atoms with Crippen molar-refractivity contribution in [2.24, 2.45) is 0 Å². The second-order valence-corrected chi connectivity index (χ2v) is 5.70. The van der Waals surface area contributed by atoms with Crippen LogP contribution in [0.4, 0.5) is 10.5 Å². The van der Waals surface area contributed by atoms with E-state index in [1.807, 2.05) is 6.92 Å². The van der Waals surface area contributed by atoms with E-state index in [0.717, 1.165) is 9.88 Å². The van der Waals surface area contributed by atoms with Crippen LogP contribution in [0.5, 0.6) is 0 Å². The van der Waals surface area contributed by atoms with Crippen LogP contribution in [0.3, 0.4) is 0 Å². The largest absolute Gasteiger partial charge is 0.478 e. The number of urea groups is 1. The van der Waals surface area contributed by atoms with Gasteiger partial charge in [-0.2, -0.15) is 0 Å². The van der Waals surface area contributed by atoms with E-state index < -0.39 is 5.97 Å². The predicted octanol–water partition coefficient (Wildman–Crippen LogP) is 2.50. The normalized spacial score (nSPS) is 10.2. The molecular formula is C14H15N3O3S. The zero-order chi connectivity index (χ0) is 15.4. The summed E-state index contributed by atoms with van der Waals surface area (Å²) in [7, 11) is 1.54. The van der Waals surface area contributed by atoms with Crippen LogP contribution in [-0.2, 0) is 6.54 Å². The minimum absolute atomic E-state index is 0.0868. The maximum atomic E-state index is 12.1. The number of hydrogen-bond acceptors (Lipinski definition) is 4. The number of aryl methyl sites for hydroxylation is 1. The Morgan fingerprint density at radius 3 is 2.71 bits per heavy atom. The highest BCUT2D eigenvalue weighted by molar-refractivity contribution is 7.11. The van der Waals surface area contributed by atoms with Crippen molar-refractivity contribution in [1.29, 1.82) is 0 Å². The first-order chi connectivity index (χ1) is 9.99. The molecule has 1 aromatic carbocycles. The number of anilines is 1. The Balaban J connectivity index is 2.07. The fourth-order valence-electron chi connectivity index (χ4n) is 1.82. The van der Waals surface area contributed by atoms with Crippen molar-refractivity contribution < 1.29 is 14.7 Å². The summed E-state index contributed by atoms with van der Waals surface area (Å²) >= 11 is 1.51. The van der Waals surface area contributed by atoms with Crippen LogP contribution in [-0.4, -0.2) is 29.1 Å². The summed E-state index contributed by atoms with van der Waals surface area (Å²) in [5.41, 5.74) is 0.437. The average molecular weight is 305 g/mol. The highest BCUT2D eigenvalue weighted by Crippen LogP contribution is 2.19. The SMILES string of the molecule is Cc1ncc(CNC(=O)N(C)c2ccccc2C(=O)O)s1. The van der Waals surface area contributed by atoms with Gasteiger partial charge < -0.3 is 10.4 Å². The fraction of sp³-hybridized carbons (Fsp3) is 0.214. The number of amides is 2. The predicted molar refractivity (Wildman–Crippen MR) is 80.9 cm³/mol. The smallest absolute Gasteiger partial charge is 0.337 e. The van der Waals surface area contributed by atoms with Gasteiger partial charge in [0.05, 0.1) is 22.8 Å². The van der Waals surface area contributed by atoms with Gasteiger partial charge in [0, 0.05) is 18.1 Å². The van der Waals surface area contributed by atoms with Crippen molar-refractivity contribution in [3.8, 4) is 0 Å². The third-order valence-electron chi connectivity index (χ3n) is 2.88. The van der Waals surface area contributed by atoms with Crippen LogP contribution in [0.2, 0.25) is 0 Å². The second-order valence-electron chi connectivity index (χ2n) is 4.39. The van der Waals surface area contributed by atoms with Gasteiger partial charge >= 0.3 is 12.0 Å². The van der Waals surface area contributed by atoms with Crippen LogP contribution in [0.1, 0.15) is 20.2 Å². The van der Waals surface area contributed by atoms with Gasteiger partial charge in [-0.05, 0) is 19.1 Å². The fourth-order valence-corrected chi connectivity index (χ4v) is 2.56. The zero-order valence-corrected chi connectivity index (χ0v) is 12.5. The van der Waals surface area contributed by atoms with E-state index in [1.54, 1.807) is 24.4 Å². The summed E-state index contributed by atoms with van der Waals surface area (Å²) in [6, 6.07) is 6.01. The lowest BCUT2D eigenvalue weighted by atomic mass is 10.1. The van der Waals surface area contributed by atoms with Gasteiger partial charge in [-0.15, -0.1) is 11.3 Å². The molecule has 7 heteroatoms. The molecule has 0 spiro atoms. The molecule has 0 aliphatic carbocycles. The Kier molecular flexibility index (Phi) is 4.54. The van der Waals surface area contributed by atoms with E-state index in [9.17, 15) is 9.59 Å². The number of nitrogens with zero attached hydrogens (tertiary/aromatic N) is 2. The Morgan fingerprint density at radius 1 is 1.38 bits per heavy atom. The van der Waals surface area contributed by atoms with E-state index in [-0.39, 0.29) is 11.6 Å². The molecule has 2 rings (SSSR count). The van der Waals surface area contributed by atoms with Crippen LogP contribution < -0.4 is 10.2 Å². The summed E-state index contributed by atoms with van der Waals surface area (Å²) in [6.07, 6.45) is 1.71. The number of hydrogen-bond donors (Lipinski definition) is 2. The molecule has 1 aromatic heterocycles. The number of aromatic carboxylic acids is 1. The van der Waals surface area contributed by atoms with Gasteiger partial charge in [-0.3, -0.25) is 4.90 Å². The molecule has 0 fully saturated rings. The molecule has 6 nitrogen and oxygen atoms in total. The monoisotopic (exact) mass is 305 g/mol. The van der Waals surface area contributed by atoms with Crippen molar-refractivity contribution in [3.05, 3.63) is 45.9 Å². The molecule has 0 saturated heterocycles. The maximum Gasteiger partial charge on any atom is 0.337 e. The number of thiazole rings is 1. The Hall–Kier alpha value is -2.41. The molecule has 2 aromatic rings. The van der Waals surface area contributed by atoms with Gasteiger partial charge in [0.1, 0.15) is 0 Å². The average Bonchev–Trinajstić information content (AvgIpc) is 2.89. The molecule has 0 unspecified atom stereocenters. The first kappa shape index (κ1) is 15.0. The van der Waals surface area contributed by atoms with Crippen LogP contribution >= 0.6 is 11.3 Å². The van der Waals surface area contributed by atoms with Crippen LogP contribution in [0.25, 0.3) is 0 Å². The highest BCUT2D eigenvalue weighted by atomic mass is 32.1. The van der Waals surface area contributed by atoms with E-state index in [2.05, 4.69) is 10.3 Å². The third-order valence-corrected chi connectivity index (χ3v) is 3.80. The summed E-state index contributed by atoms with van der Waals surface area (Å²) < 4.78 is 0. The molecule has 110 valence electrons. The minimum atomic E-state index is -1.07. The molecule has 1 heterocycles. The molecule has 0 atom stereocenters. The highest BCUT2D eigenvalue weighted by Gasteiger charge is 2.17. The first-order valence-electron chi connectivity index (χ1n) is 6.24. The quantitative estimate of drug-likeness (QED) is 0.909. The summed E-state index contributed by atoms with van der Waals surface area (Å²) in [5.74, 6) is -1.07. The number of carboxylic acid groups (broad SMARTS) is 1. The zero-order valence-electron chi connectivity index (χ0n) is 11.7. The number of para-hydroxylation sites is 1. The number of benzene rings is 1. The lowest BCUT2D eigenvalue weighted by Gasteiger charge is -2.19. The molecule has 0 aliphatic heterocycles. The first-order valence-corrected chi connectivity index (χ1v) is 7.06. The van der Waals surface area contributed by atoms with E-state index >= 15 is 0 Å². The topological polar surface area (TPSA) is 82.5 Å². The number of nitrogens with one attached hydrogen (secondary N) is 1. The third kappa shape index (κ3) is 3.57. The Bertz CT molecular complexity index is 669. The van der Waals surface area contributed by atoms with Crippen LogP contribution in [0, 0.1) is 6.92 Å². The van der Waals surface area contributed by atoms with Crippen molar-refractivity contribution in [2.75, 3.05) is 11.9 Å². The van der Waals surface area contributed by atoms with Gasteiger partial charge in [-0.1, -0.05) is 12.1 Å². The second kappa shape index (κ2) is 6.36. The lowest BCUT2D eigenvalue weighted by molar-refractivity contribution is 0.0697. The summed E-state index contributed by atoms with van der Waals surface area (Å²) in [4.78, 5) is 29.6. The lowest BCUT2D eigenvalue weighted by Crippen LogP contribution is -2.37. The van der Waals surface area contributed by atoms with Gasteiger partial charge in [-0.25, -0.2) is 14.6 Å². The molecule has 0 radical (unpaired) electrons. The number of carbonyl (C=O) groups is 2. The van der Waals surface area contributed by atoms with Gasteiger partial charge in [0.25, 0.3) is 0 Å². The standard InChI is InChI=1S/C14H15N3O3S/c1-9-15-7-10(21-9)8-16-14(20)17(2)12-6-4-3-5-11(12)13(18)19/h3-7H,8H2,1-2H3,(H,16,20)(H,18,19). The van der Waals surface area contributed by atoms with Gasteiger partial charge in [0.15, 0.2) is 0 Å². The number of rotatable bonds is 4. The van der Waals surface area contributed by atoms with Crippen molar-refractivity contribution >= 4 is 29.0 Å². The summed E-state index contributed by atoms with van der Waals surface area (Å²) in [6.45, 7) is 2.26. The molecule has 0 bridgehead atoms. The van der Waals surface area contributed by atoms with E-state index in [0.29, 0.717) is 12.2 Å². The minimum Gasteiger partial charge on any atom is -0.478 e. The number of carboxylic acids is 1. The van der Waals surface area contributed by atoms with Crippen LogP contribution in [0.15, 0.2) is 30.5 Å². The maximum absolute atomic E-state index is 12.1. The molecular weight excluding hydrogens is 290 g/mol. The van der Waals surface area contributed by atoms with Gasteiger partial charge in [0.2, 0.25) is 0 Å². The molecule has 21 heavy (non-hydrogen) atoms. The van der Waals surface area contributed by atoms with Crippen molar-refractivity contribution in [2.45, 2.75) is 13.5 Å². The van der Waals surface area contributed by atoms with Crippen molar-refractivity contribution in [3.63, 3.8) is 0 Å². The number of aromatic nitrogens is 1. The Morgan fingerprint density at radius 2 is 2.10 bits per heavy atom. The Labute approximate surface area is 126 Å². The summed E-state index contributed by atoms with van der Waals surface area (Å²) in [5, 5.41) is 12.8. The molecule has 0 saturated carbocycles. The van der Waals surface area contributed by atoms with E-state index in [4.69, 9.17) is 5.11 Å².